The molecule has 2 aliphatic carbocycles. The minimum atomic E-state index is -2.50. The Bertz CT molecular complexity index is 1870. The average Bonchev–Trinajstić information content (AvgIpc) is 3.30. The van der Waals surface area contributed by atoms with Gasteiger partial charge in [-0.3, -0.25) is 13.9 Å². The van der Waals surface area contributed by atoms with E-state index in [1.54, 1.807) is 25.2 Å². The lowest BCUT2D eigenvalue weighted by Crippen LogP contribution is -2.65. The van der Waals surface area contributed by atoms with Crippen LogP contribution in [0.3, 0.4) is 0 Å². The number of rotatable bonds is 4. The number of nitrogens with one attached hydrogen (secondary N) is 1. The molecule has 0 aromatic heterocycles. The molecule has 3 amide bonds. The molecule has 1 spiro atoms. The fraction of sp³-hybridized carbons (Fsp3) is 0.619. The van der Waals surface area contributed by atoms with Gasteiger partial charge in [0.05, 0.1) is 35.1 Å². The first-order chi connectivity index (χ1) is 26.6. The molecule has 2 bridgehead atoms. The van der Waals surface area contributed by atoms with Gasteiger partial charge in [0.2, 0.25) is 0 Å². The van der Waals surface area contributed by atoms with Crippen molar-refractivity contribution in [1.29, 1.82) is 0 Å². The summed E-state index contributed by atoms with van der Waals surface area (Å²) in [7, 11) is 1.04. The van der Waals surface area contributed by atoms with Crippen LogP contribution in [-0.4, -0.2) is 110 Å². The van der Waals surface area contributed by atoms with E-state index in [2.05, 4.69) is 43.8 Å². The van der Waals surface area contributed by atoms with E-state index < -0.39 is 21.9 Å². The number of likely N-dealkylation sites (tertiary alicyclic amines) is 2. The largest absolute Gasteiger partial charge is 0.490 e. The molecule has 8 rings (SSSR count). The topological polar surface area (TPSA) is 113 Å². The summed E-state index contributed by atoms with van der Waals surface area (Å²) in [5.41, 5.74) is 3.54. The van der Waals surface area contributed by atoms with Gasteiger partial charge in [-0.05, 0) is 111 Å². The molecule has 13 heteroatoms. The van der Waals surface area contributed by atoms with Gasteiger partial charge in [0.1, 0.15) is 11.1 Å². The van der Waals surface area contributed by atoms with Crippen molar-refractivity contribution < 1.29 is 28.0 Å². The number of halogens is 1. The Hall–Kier alpha value is -3.16. The zero-order chi connectivity index (χ0) is 38.3. The SMILES string of the molecule is COC1CCN(C2CN(C(=O)NC3[C@@H](C)C/C=C/[C@H](OC)[C@@H]4CC[C@H]4CN4C[C@@]5(CCCc6cc(Cl)ccc65)COc5ccc(cc54)C(=O)/N=[SH]\3=O)C2)CC1. The molecule has 2 saturated heterocycles. The molecule has 11 nitrogen and oxygen atoms in total. The number of urea groups is 1. The number of aryl methyl sites for hydroxylation is 1. The van der Waals surface area contributed by atoms with Gasteiger partial charge in [0.25, 0.3) is 5.91 Å². The van der Waals surface area contributed by atoms with Crippen LogP contribution in [-0.2, 0) is 31.9 Å². The Morgan fingerprint density at radius 1 is 1.05 bits per heavy atom. The maximum absolute atomic E-state index is 14.1. The van der Waals surface area contributed by atoms with Crippen molar-refractivity contribution in [2.45, 2.75) is 87.3 Å². The number of ether oxygens (including phenoxy) is 3. The van der Waals surface area contributed by atoms with E-state index in [1.165, 1.54) is 11.1 Å². The maximum Gasteiger partial charge on any atom is 0.318 e. The summed E-state index contributed by atoms with van der Waals surface area (Å²) in [5, 5.41) is 2.97. The van der Waals surface area contributed by atoms with Crippen LogP contribution in [0, 0.1) is 17.8 Å². The third-order valence-electron chi connectivity index (χ3n) is 13.5. The number of piperidine rings is 1. The summed E-state index contributed by atoms with van der Waals surface area (Å²) < 4.78 is 36.7. The Balaban J connectivity index is 1.07. The Labute approximate surface area is 332 Å². The number of benzene rings is 2. The van der Waals surface area contributed by atoms with Gasteiger partial charge >= 0.3 is 6.03 Å². The van der Waals surface area contributed by atoms with E-state index in [-0.39, 0.29) is 23.5 Å². The molecule has 3 fully saturated rings. The molecule has 1 N–H and O–H groups in total. The van der Waals surface area contributed by atoms with Crippen LogP contribution in [0.4, 0.5) is 10.5 Å². The summed E-state index contributed by atoms with van der Waals surface area (Å²) in [6.07, 6.45) is 12.2. The summed E-state index contributed by atoms with van der Waals surface area (Å²) >= 11 is 6.47. The fourth-order valence-electron chi connectivity index (χ4n) is 9.91. The third-order valence-corrected chi connectivity index (χ3v) is 15.2. The number of thiol groups is 1. The predicted molar refractivity (Wildman–Crippen MR) is 216 cm³/mol. The lowest BCUT2D eigenvalue weighted by atomic mass is 9.68. The standard InChI is InChI=1S/C42H56ClN5O6S/c1-27-6-4-8-37(53-3)34-12-9-30(34)22-48-25-42(17-5-7-28-20-31(43)11-13-35(28)42)26-54-38-14-10-29(21-36(38)48)39(49)45-55(51)40(27)44-41(50)47-23-32(24-47)46-18-15-33(52-2)16-19-46/h4,8,10-11,13-14,20-21,27,30,32-34,37,40,55H,5-7,9,12,15-19,22-26H2,1-3H3,(H,44,50)/b8-4+/t27-,30-,34+,37-,40?,42-/m0/s1. The first-order valence-electron chi connectivity index (χ1n) is 20.2. The number of hydrogen-bond acceptors (Lipinski definition) is 8. The Morgan fingerprint density at radius 2 is 1.87 bits per heavy atom. The minimum absolute atomic E-state index is 0.0700. The number of methoxy groups -OCH3 is 2. The first kappa shape index (κ1) is 38.7. The molecule has 0 radical (unpaired) electrons. The molecule has 2 aromatic rings. The van der Waals surface area contributed by atoms with Crippen LogP contribution >= 0.6 is 11.6 Å². The third kappa shape index (κ3) is 7.91. The van der Waals surface area contributed by atoms with E-state index >= 15 is 0 Å². The van der Waals surface area contributed by atoms with Crippen molar-refractivity contribution in [2.75, 3.05) is 65.0 Å². The number of fused-ring (bicyclic) bond motifs is 4. The van der Waals surface area contributed by atoms with Gasteiger partial charge < -0.3 is 29.3 Å². The van der Waals surface area contributed by atoms with Crippen molar-refractivity contribution >= 4 is 39.8 Å². The van der Waals surface area contributed by atoms with Crippen molar-refractivity contribution in [3.63, 3.8) is 0 Å². The maximum atomic E-state index is 14.1. The smallest absolute Gasteiger partial charge is 0.318 e. The van der Waals surface area contributed by atoms with Crippen LogP contribution in [0.5, 0.6) is 5.75 Å². The molecule has 2 unspecified atom stereocenters. The van der Waals surface area contributed by atoms with Crippen LogP contribution in [0.1, 0.15) is 73.4 Å². The monoisotopic (exact) mass is 793 g/mol. The second-order valence-corrected chi connectivity index (χ2v) is 18.6. The molecule has 1 saturated carbocycles. The van der Waals surface area contributed by atoms with Gasteiger partial charge in [0, 0.05) is 75.5 Å². The second-order valence-electron chi connectivity index (χ2n) is 16.8. The number of carbonyl (C=O) groups excluding carboxylic acids is 2. The van der Waals surface area contributed by atoms with E-state index in [9.17, 15) is 13.8 Å². The molecule has 7 atom stereocenters. The summed E-state index contributed by atoms with van der Waals surface area (Å²) in [6.45, 7) is 7.17. The minimum Gasteiger partial charge on any atom is -0.490 e. The molecular weight excluding hydrogens is 738 g/mol. The molecule has 6 aliphatic rings. The molecular formula is C42H56ClN5O6S. The lowest BCUT2D eigenvalue weighted by molar-refractivity contribution is -0.00532. The highest BCUT2D eigenvalue weighted by atomic mass is 35.5. The lowest BCUT2D eigenvalue weighted by Gasteiger charge is -2.47. The van der Waals surface area contributed by atoms with Gasteiger partial charge in [-0.1, -0.05) is 36.7 Å². The summed E-state index contributed by atoms with van der Waals surface area (Å²) in [5.74, 6) is 0.645. The molecule has 55 heavy (non-hydrogen) atoms. The summed E-state index contributed by atoms with van der Waals surface area (Å²) in [4.78, 5) is 34.1. The van der Waals surface area contributed by atoms with Crippen molar-refractivity contribution in [3.05, 3.63) is 70.3 Å². The summed E-state index contributed by atoms with van der Waals surface area (Å²) in [6, 6.07) is 11.8. The quantitative estimate of drug-likeness (QED) is 0.283. The number of nitrogens with zero attached hydrogens (tertiary/aromatic N) is 4. The van der Waals surface area contributed by atoms with E-state index in [0.717, 1.165) is 87.6 Å². The zero-order valence-electron chi connectivity index (χ0n) is 32.3. The Kier molecular flexibility index (Phi) is 11.5. The molecule has 4 heterocycles. The van der Waals surface area contributed by atoms with Crippen LogP contribution in [0.15, 0.2) is 52.9 Å². The number of carbonyl (C=O) groups is 2. The van der Waals surface area contributed by atoms with Crippen LogP contribution < -0.4 is 15.0 Å². The van der Waals surface area contributed by atoms with Crippen molar-refractivity contribution in [1.82, 2.24) is 15.1 Å². The molecule has 2 aromatic carbocycles. The highest BCUT2D eigenvalue weighted by Gasteiger charge is 2.45. The van der Waals surface area contributed by atoms with Crippen LogP contribution in [0.2, 0.25) is 5.02 Å². The van der Waals surface area contributed by atoms with Crippen molar-refractivity contribution in [2.24, 2.45) is 22.1 Å². The van der Waals surface area contributed by atoms with Gasteiger partial charge in [-0.15, -0.1) is 0 Å². The zero-order valence-corrected chi connectivity index (χ0v) is 34.0. The normalized spacial score (nSPS) is 32.8. The van der Waals surface area contributed by atoms with E-state index in [1.807, 2.05) is 25.1 Å². The number of amides is 3. The molecule has 298 valence electrons. The average molecular weight is 794 g/mol. The highest BCUT2D eigenvalue weighted by Crippen LogP contribution is 2.47. The number of hydrogen-bond donors (Lipinski definition) is 2. The van der Waals surface area contributed by atoms with Crippen molar-refractivity contribution in [3.8, 4) is 5.75 Å². The van der Waals surface area contributed by atoms with Crippen LogP contribution in [0.25, 0.3) is 0 Å². The molecule has 4 aliphatic heterocycles. The predicted octanol–water partition coefficient (Wildman–Crippen LogP) is 6.09. The van der Waals surface area contributed by atoms with Gasteiger partial charge in [-0.25, -0.2) is 4.79 Å². The van der Waals surface area contributed by atoms with E-state index in [4.69, 9.17) is 25.8 Å². The Morgan fingerprint density at radius 3 is 2.62 bits per heavy atom. The first-order valence-corrected chi connectivity index (χ1v) is 21.9. The fourth-order valence-corrected chi connectivity index (χ4v) is 11.3. The van der Waals surface area contributed by atoms with E-state index in [0.29, 0.717) is 55.7 Å². The number of anilines is 1. The highest BCUT2D eigenvalue weighted by molar-refractivity contribution is 7.76. The number of allylic oxidation sites excluding steroid dienone is 1. The second kappa shape index (κ2) is 16.4. The van der Waals surface area contributed by atoms with Gasteiger partial charge in [-0.2, -0.15) is 4.36 Å². The van der Waals surface area contributed by atoms with Gasteiger partial charge in [0.15, 0.2) is 0 Å².